The first-order valence-corrected chi connectivity index (χ1v) is 10.3. The van der Waals surface area contributed by atoms with Crippen LogP contribution in [0.15, 0.2) is 29.3 Å². The van der Waals surface area contributed by atoms with Crippen LogP contribution in [0.3, 0.4) is 0 Å². The van der Waals surface area contributed by atoms with Crippen LogP contribution in [0, 0.1) is 13.8 Å². The van der Waals surface area contributed by atoms with Gasteiger partial charge in [0.05, 0.1) is 34.2 Å². The van der Waals surface area contributed by atoms with Gasteiger partial charge in [-0.3, -0.25) is 9.67 Å². The number of pyridine rings is 1. The highest BCUT2D eigenvalue weighted by molar-refractivity contribution is 6.05. The van der Waals surface area contributed by atoms with Crippen molar-refractivity contribution in [2.24, 2.45) is 14.1 Å². The van der Waals surface area contributed by atoms with Crippen LogP contribution in [0.25, 0.3) is 33.3 Å². The fourth-order valence-electron chi connectivity index (χ4n) is 4.55. The van der Waals surface area contributed by atoms with Crippen molar-refractivity contribution in [3.63, 3.8) is 0 Å². The van der Waals surface area contributed by atoms with Crippen molar-refractivity contribution in [3.05, 3.63) is 42.0 Å². The zero-order chi connectivity index (χ0) is 23.5. The van der Waals surface area contributed by atoms with Crippen molar-refractivity contribution < 1.29 is 17.6 Å². The summed E-state index contributed by atoms with van der Waals surface area (Å²) in [5, 5.41) is 12.7. The first kappa shape index (κ1) is 21.2. The maximum absolute atomic E-state index is 13.3. The zero-order valence-electron chi connectivity index (χ0n) is 18.4. The van der Waals surface area contributed by atoms with E-state index in [-0.39, 0.29) is 6.42 Å². The van der Waals surface area contributed by atoms with Gasteiger partial charge in [0.15, 0.2) is 6.39 Å². The maximum Gasteiger partial charge on any atom is 0.389 e. The minimum Gasteiger partial charge on any atom is -0.451 e. The lowest BCUT2D eigenvalue weighted by Crippen LogP contribution is -2.16. The fourth-order valence-corrected chi connectivity index (χ4v) is 4.55. The predicted molar refractivity (Wildman–Crippen MR) is 113 cm³/mol. The number of nitrogens with zero attached hydrogens (tertiary/aromatic N) is 8. The lowest BCUT2D eigenvalue weighted by Gasteiger charge is -2.20. The summed E-state index contributed by atoms with van der Waals surface area (Å²) in [6, 6.07) is 1.19. The molecule has 0 aliphatic heterocycles. The molecule has 5 aromatic rings. The van der Waals surface area contributed by atoms with Gasteiger partial charge in [-0.25, -0.2) is 9.67 Å². The quantitative estimate of drug-likeness (QED) is 0.391. The first-order chi connectivity index (χ1) is 15.7. The summed E-state index contributed by atoms with van der Waals surface area (Å²) < 4.78 is 50.1. The van der Waals surface area contributed by atoms with Crippen LogP contribution < -0.4 is 0 Å². The molecule has 1 unspecified atom stereocenters. The van der Waals surface area contributed by atoms with E-state index in [2.05, 4.69) is 20.4 Å². The Hall–Kier alpha value is -3.70. The van der Waals surface area contributed by atoms with Crippen LogP contribution in [0.2, 0.25) is 0 Å². The number of rotatable bonds is 5. The van der Waals surface area contributed by atoms with Crippen molar-refractivity contribution in [1.29, 1.82) is 0 Å². The normalized spacial score (nSPS) is 13.4. The van der Waals surface area contributed by atoms with Crippen LogP contribution in [-0.2, 0) is 14.1 Å². The third-order valence-corrected chi connectivity index (χ3v) is 5.86. The molecule has 0 N–H and O–H groups in total. The van der Waals surface area contributed by atoms with Gasteiger partial charge in [0.1, 0.15) is 23.0 Å². The van der Waals surface area contributed by atoms with Gasteiger partial charge in [-0.1, -0.05) is 5.21 Å². The monoisotopic (exact) mass is 458 g/mol. The van der Waals surface area contributed by atoms with E-state index in [1.807, 2.05) is 24.5 Å². The molecule has 0 saturated carbocycles. The van der Waals surface area contributed by atoms with Crippen molar-refractivity contribution in [1.82, 2.24) is 39.3 Å². The lowest BCUT2D eigenvalue weighted by atomic mass is 10.1. The van der Waals surface area contributed by atoms with E-state index in [9.17, 15) is 13.2 Å². The second-order valence-corrected chi connectivity index (χ2v) is 8.10. The molecule has 0 aromatic carbocycles. The standard InChI is InChI=1S/C21H21F3N8O/c1-11-18(31(4)29-27-11)13-7-16-17(25-8-13)20-19(12(2)28-30(20)3)32(16)15(5-6-21(22,23)24)14-9-33-10-26-14/h7-10,15H,5-6H2,1-4H3. The Bertz CT molecular complexity index is 1440. The third kappa shape index (κ3) is 3.45. The third-order valence-electron chi connectivity index (χ3n) is 5.86. The van der Waals surface area contributed by atoms with E-state index in [1.54, 1.807) is 29.7 Å². The van der Waals surface area contributed by atoms with Gasteiger partial charge < -0.3 is 8.98 Å². The summed E-state index contributed by atoms with van der Waals surface area (Å²) in [6.45, 7) is 3.68. The van der Waals surface area contributed by atoms with Gasteiger partial charge >= 0.3 is 6.18 Å². The number of hydrogen-bond acceptors (Lipinski definition) is 6. The molecular formula is C21H21F3N8O. The number of alkyl halides is 3. The Kier molecular flexibility index (Phi) is 4.76. The number of fused-ring (bicyclic) bond motifs is 3. The SMILES string of the molecule is Cc1nnn(C)c1-c1cnc2c3c(c(C)nn3C)n(C(CCC(F)(F)F)c3cocn3)c2c1. The van der Waals surface area contributed by atoms with Crippen LogP contribution >= 0.6 is 0 Å². The van der Waals surface area contributed by atoms with Crippen LogP contribution in [0.1, 0.15) is 36.0 Å². The molecule has 0 bridgehead atoms. The Morgan fingerprint density at radius 1 is 1.06 bits per heavy atom. The molecule has 172 valence electrons. The summed E-state index contributed by atoms with van der Waals surface area (Å²) in [5.74, 6) is 0. The molecule has 5 aromatic heterocycles. The Balaban J connectivity index is 1.81. The minimum atomic E-state index is -4.31. The molecule has 5 heterocycles. The number of halogens is 3. The molecule has 0 radical (unpaired) electrons. The van der Waals surface area contributed by atoms with Gasteiger partial charge in [-0.05, 0) is 26.3 Å². The number of oxazole rings is 1. The molecule has 33 heavy (non-hydrogen) atoms. The highest BCUT2D eigenvalue weighted by atomic mass is 19.4. The molecular weight excluding hydrogens is 437 g/mol. The van der Waals surface area contributed by atoms with E-state index in [4.69, 9.17) is 9.40 Å². The highest BCUT2D eigenvalue weighted by Crippen LogP contribution is 2.39. The molecule has 5 rings (SSSR count). The Labute approximate surface area is 185 Å². The largest absolute Gasteiger partial charge is 0.451 e. The van der Waals surface area contributed by atoms with E-state index < -0.39 is 18.6 Å². The van der Waals surface area contributed by atoms with Gasteiger partial charge in [0, 0.05) is 32.3 Å². The van der Waals surface area contributed by atoms with Gasteiger partial charge in [0.25, 0.3) is 0 Å². The first-order valence-electron chi connectivity index (χ1n) is 10.3. The molecule has 12 heteroatoms. The van der Waals surface area contributed by atoms with Crippen LogP contribution in [-0.4, -0.2) is 45.5 Å². The van der Waals surface area contributed by atoms with Crippen molar-refractivity contribution in [3.8, 4) is 11.3 Å². The van der Waals surface area contributed by atoms with Crippen LogP contribution in [0.5, 0.6) is 0 Å². The summed E-state index contributed by atoms with van der Waals surface area (Å²) in [5.41, 5.74) is 6.14. The fraction of sp³-hybridized carbons (Fsp3) is 0.381. The smallest absolute Gasteiger partial charge is 0.389 e. The average Bonchev–Trinajstić information content (AvgIpc) is 3.50. The lowest BCUT2D eigenvalue weighted by molar-refractivity contribution is -0.136. The van der Waals surface area contributed by atoms with Gasteiger partial charge in [-0.2, -0.15) is 18.3 Å². The topological polar surface area (TPSA) is 92.4 Å². The van der Waals surface area contributed by atoms with E-state index >= 15 is 0 Å². The number of aromatic nitrogens is 8. The second-order valence-electron chi connectivity index (χ2n) is 8.10. The molecule has 0 aliphatic rings. The van der Waals surface area contributed by atoms with E-state index in [0.29, 0.717) is 27.9 Å². The Morgan fingerprint density at radius 2 is 1.85 bits per heavy atom. The Morgan fingerprint density at radius 3 is 2.48 bits per heavy atom. The second kappa shape index (κ2) is 7.42. The summed E-state index contributed by atoms with van der Waals surface area (Å²) in [6.07, 6.45) is -1.15. The summed E-state index contributed by atoms with van der Waals surface area (Å²) in [4.78, 5) is 8.90. The highest BCUT2D eigenvalue weighted by Gasteiger charge is 2.32. The molecule has 9 nitrogen and oxygen atoms in total. The van der Waals surface area contributed by atoms with E-state index in [1.165, 1.54) is 12.7 Å². The predicted octanol–water partition coefficient (Wildman–Crippen LogP) is 4.26. The zero-order valence-corrected chi connectivity index (χ0v) is 18.4. The minimum absolute atomic E-state index is 0.209. The maximum atomic E-state index is 13.3. The number of hydrogen-bond donors (Lipinski definition) is 0. The van der Waals surface area contributed by atoms with Gasteiger partial charge in [0.2, 0.25) is 0 Å². The summed E-state index contributed by atoms with van der Waals surface area (Å²) in [7, 11) is 3.58. The molecule has 0 aliphatic carbocycles. The van der Waals surface area contributed by atoms with Crippen LogP contribution in [0.4, 0.5) is 13.2 Å². The molecule has 0 spiro atoms. The molecule has 1 atom stereocenters. The number of aryl methyl sites for hydroxylation is 4. The van der Waals surface area contributed by atoms with Gasteiger partial charge in [-0.15, -0.1) is 5.10 Å². The summed E-state index contributed by atoms with van der Waals surface area (Å²) >= 11 is 0. The molecule has 0 fully saturated rings. The van der Waals surface area contributed by atoms with Crippen molar-refractivity contribution in [2.45, 2.75) is 38.9 Å². The average molecular weight is 458 g/mol. The molecule has 0 amide bonds. The van der Waals surface area contributed by atoms with Crippen molar-refractivity contribution in [2.75, 3.05) is 0 Å². The molecule has 0 saturated heterocycles. The van der Waals surface area contributed by atoms with E-state index in [0.717, 1.165) is 22.5 Å². The van der Waals surface area contributed by atoms with Crippen molar-refractivity contribution >= 4 is 22.1 Å².